The van der Waals surface area contributed by atoms with Gasteiger partial charge in [0.25, 0.3) is 0 Å². The van der Waals surface area contributed by atoms with Gasteiger partial charge in [-0.15, -0.1) is 0 Å². The number of anilines is 1. The fraction of sp³-hybridized carbons (Fsp3) is 0.118. The Morgan fingerprint density at radius 3 is 2.38 bits per heavy atom. The Bertz CT molecular complexity index is 664. The summed E-state index contributed by atoms with van der Waals surface area (Å²) in [6.45, 7) is 0.280. The van der Waals surface area contributed by atoms with Gasteiger partial charge in [-0.1, -0.05) is 11.8 Å². The molecule has 0 spiro atoms. The number of carbonyl (C=O) groups excluding carboxylic acids is 1. The molecule has 0 unspecified atom stereocenters. The SMILES string of the molecule is COC(=O)c1ccc(C#CCOc2ccc(N)cc2)cc1. The molecule has 2 N–H and O–H groups in total. The summed E-state index contributed by atoms with van der Waals surface area (Å²) >= 11 is 0. The molecule has 4 nitrogen and oxygen atoms in total. The van der Waals surface area contributed by atoms with Gasteiger partial charge in [0.1, 0.15) is 12.4 Å². The van der Waals surface area contributed by atoms with E-state index in [1.807, 2.05) is 0 Å². The van der Waals surface area contributed by atoms with Crippen molar-refractivity contribution in [3.8, 4) is 17.6 Å². The van der Waals surface area contributed by atoms with Gasteiger partial charge in [0.05, 0.1) is 12.7 Å². The summed E-state index contributed by atoms with van der Waals surface area (Å²) in [5, 5.41) is 0. The second kappa shape index (κ2) is 7.01. The minimum atomic E-state index is -0.360. The fourth-order valence-corrected chi connectivity index (χ4v) is 1.63. The van der Waals surface area contributed by atoms with E-state index in [9.17, 15) is 4.79 Å². The number of nitrogen functional groups attached to an aromatic ring is 1. The predicted octanol–water partition coefficient (Wildman–Crippen LogP) is 2.49. The minimum absolute atomic E-state index is 0.280. The van der Waals surface area contributed by atoms with Gasteiger partial charge in [-0.3, -0.25) is 0 Å². The molecule has 0 aliphatic carbocycles. The number of hydrogen-bond acceptors (Lipinski definition) is 4. The molecule has 0 atom stereocenters. The standard InChI is InChI=1S/C17H15NO3/c1-20-17(19)14-6-4-13(5-7-14)3-2-12-21-16-10-8-15(18)9-11-16/h4-11H,12,18H2,1H3. The van der Waals surface area contributed by atoms with Gasteiger partial charge in [-0.05, 0) is 48.5 Å². The molecule has 2 aromatic rings. The number of nitrogens with two attached hydrogens (primary N) is 1. The number of rotatable bonds is 3. The Morgan fingerprint density at radius 1 is 1.10 bits per heavy atom. The van der Waals surface area contributed by atoms with E-state index < -0.39 is 0 Å². The molecule has 0 aromatic heterocycles. The van der Waals surface area contributed by atoms with E-state index in [1.165, 1.54) is 7.11 Å². The third-order valence-corrected chi connectivity index (χ3v) is 2.73. The average Bonchev–Trinajstić information content (AvgIpc) is 2.53. The maximum absolute atomic E-state index is 11.3. The van der Waals surface area contributed by atoms with Crippen LogP contribution in [0.1, 0.15) is 15.9 Å². The van der Waals surface area contributed by atoms with Crippen LogP contribution in [-0.4, -0.2) is 19.7 Å². The van der Waals surface area contributed by atoms with Crippen molar-refractivity contribution in [1.29, 1.82) is 0 Å². The zero-order valence-corrected chi connectivity index (χ0v) is 11.6. The van der Waals surface area contributed by atoms with E-state index >= 15 is 0 Å². The fourth-order valence-electron chi connectivity index (χ4n) is 1.63. The topological polar surface area (TPSA) is 61.5 Å². The minimum Gasteiger partial charge on any atom is -0.481 e. The van der Waals surface area contributed by atoms with Crippen molar-refractivity contribution in [2.45, 2.75) is 0 Å². The van der Waals surface area contributed by atoms with Crippen LogP contribution in [-0.2, 0) is 4.74 Å². The Labute approximate surface area is 123 Å². The van der Waals surface area contributed by atoms with E-state index in [-0.39, 0.29) is 12.6 Å². The van der Waals surface area contributed by atoms with Crippen molar-refractivity contribution in [2.24, 2.45) is 0 Å². The monoisotopic (exact) mass is 281 g/mol. The van der Waals surface area contributed by atoms with Crippen LogP contribution in [0, 0.1) is 11.8 Å². The number of ether oxygens (including phenoxy) is 2. The lowest BCUT2D eigenvalue weighted by Crippen LogP contribution is -2.00. The number of methoxy groups -OCH3 is 1. The number of benzene rings is 2. The normalized spacial score (nSPS) is 9.38. The van der Waals surface area contributed by atoms with Crippen LogP contribution >= 0.6 is 0 Å². The van der Waals surface area contributed by atoms with Crippen LogP contribution in [0.4, 0.5) is 5.69 Å². The summed E-state index contributed by atoms with van der Waals surface area (Å²) in [6, 6.07) is 14.0. The van der Waals surface area contributed by atoms with Crippen LogP contribution in [0.3, 0.4) is 0 Å². The Morgan fingerprint density at radius 2 is 1.76 bits per heavy atom. The molecule has 2 rings (SSSR count). The summed E-state index contributed by atoms with van der Waals surface area (Å²) in [7, 11) is 1.35. The lowest BCUT2D eigenvalue weighted by molar-refractivity contribution is 0.0600. The largest absolute Gasteiger partial charge is 0.481 e. The van der Waals surface area contributed by atoms with Gasteiger partial charge >= 0.3 is 5.97 Å². The summed E-state index contributed by atoms with van der Waals surface area (Å²) in [4.78, 5) is 11.3. The van der Waals surface area contributed by atoms with Gasteiger partial charge in [-0.25, -0.2) is 4.79 Å². The maximum atomic E-state index is 11.3. The number of esters is 1. The zero-order valence-electron chi connectivity index (χ0n) is 11.6. The lowest BCUT2D eigenvalue weighted by Gasteiger charge is -2.01. The van der Waals surface area contributed by atoms with Gasteiger partial charge in [-0.2, -0.15) is 0 Å². The molecule has 0 bridgehead atoms. The molecular weight excluding hydrogens is 266 g/mol. The van der Waals surface area contributed by atoms with Gasteiger partial charge in [0.15, 0.2) is 0 Å². The molecule has 4 heteroatoms. The molecule has 21 heavy (non-hydrogen) atoms. The third-order valence-electron chi connectivity index (χ3n) is 2.73. The highest BCUT2D eigenvalue weighted by Crippen LogP contribution is 2.12. The van der Waals surface area contributed by atoms with Crippen LogP contribution in [0.2, 0.25) is 0 Å². The lowest BCUT2D eigenvalue weighted by atomic mass is 10.1. The number of hydrogen-bond donors (Lipinski definition) is 1. The van der Waals surface area contributed by atoms with E-state index in [4.69, 9.17) is 10.5 Å². The molecule has 0 aliphatic rings. The van der Waals surface area contributed by atoms with Crippen LogP contribution in [0.25, 0.3) is 0 Å². The summed E-state index contributed by atoms with van der Waals surface area (Å²) in [5.41, 5.74) is 7.59. The van der Waals surface area contributed by atoms with Crippen molar-refractivity contribution in [2.75, 3.05) is 19.5 Å². The molecule has 0 fully saturated rings. The maximum Gasteiger partial charge on any atom is 0.337 e. The second-order valence-electron chi connectivity index (χ2n) is 4.23. The molecule has 2 aromatic carbocycles. The molecule has 0 amide bonds. The average molecular weight is 281 g/mol. The van der Waals surface area contributed by atoms with Crippen LogP contribution in [0.15, 0.2) is 48.5 Å². The van der Waals surface area contributed by atoms with E-state index in [0.717, 1.165) is 11.3 Å². The first-order valence-electron chi connectivity index (χ1n) is 6.34. The molecule has 0 aliphatic heterocycles. The highest BCUT2D eigenvalue weighted by atomic mass is 16.5. The van der Waals surface area contributed by atoms with Gasteiger partial charge < -0.3 is 15.2 Å². The van der Waals surface area contributed by atoms with Crippen molar-refractivity contribution >= 4 is 11.7 Å². The Kier molecular flexibility index (Phi) is 4.84. The smallest absolute Gasteiger partial charge is 0.337 e. The first kappa shape index (κ1) is 14.5. The van der Waals surface area contributed by atoms with Crippen molar-refractivity contribution in [3.05, 3.63) is 59.7 Å². The van der Waals surface area contributed by atoms with Crippen molar-refractivity contribution in [3.63, 3.8) is 0 Å². The molecule has 0 saturated carbocycles. The quantitative estimate of drug-likeness (QED) is 0.533. The summed E-state index contributed by atoms with van der Waals surface area (Å²) < 4.78 is 10.1. The number of carbonyl (C=O) groups is 1. The highest BCUT2D eigenvalue weighted by molar-refractivity contribution is 5.89. The predicted molar refractivity (Wildman–Crippen MR) is 81.0 cm³/mol. The highest BCUT2D eigenvalue weighted by Gasteiger charge is 2.02. The van der Waals surface area contributed by atoms with Crippen LogP contribution < -0.4 is 10.5 Å². The molecule has 0 heterocycles. The third kappa shape index (κ3) is 4.29. The molecular formula is C17H15NO3. The summed E-state index contributed by atoms with van der Waals surface area (Å²) in [5.74, 6) is 6.23. The molecule has 106 valence electrons. The first-order chi connectivity index (χ1) is 10.2. The first-order valence-corrected chi connectivity index (χ1v) is 6.34. The Balaban J connectivity index is 1.90. The van der Waals surface area contributed by atoms with Gasteiger partial charge in [0, 0.05) is 11.3 Å². The van der Waals surface area contributed by atoms with Gasteiger partial charge in [0.2, 0.25) is 0 Å². The second-order valence-corrected chi connectivity index (χ2v) is 4.23. The van der Waals surface area contributed by atoms with Crippen molar-refractivity contribution < 1.29 is 14.3 Å². The Hall–Kier alpha value is -2.93. The van der Waals surface area contributed by atoms with E-state index in [2.05, 4.69) is 16.6 Å². The zero-order chi connectivity index (χ0) is 15.1. The van der Waals surface area contributed by atoms with Crippen molar-refractivity contribution in [1.82, 2.24) is 0 Å². The van der Waals surface area contributed by atoms with E-state index in [1.54, 1.807) is 48.5 Å². The molecule has 0 radical (unpaired) electrons. The van der Waals surface area contributed by atoms with E-state index in [0.29, 0.717) is 11.3 Å². The summed E-state index contributed by atoms with van der Waals surface area (Å²) in [6.07, 6.45) is 0. The molecule has 0 saturated heterocycles. The van der Waals surface area contributed by atoms with Crippen LogP contribution in [0.5, 0.6) is 5.75 Å².